The summed E-state index contributed by atoms with van der Waals surface area (Å²) >= 11 is 0. The predicted molar refractivity (Wildman–Crippen MR) is 131 cm³/mol. The lowest BCUT2D eigenvalue weighted by Gasteiger charge is -2.35. The smallest absolute Gasteiger partial charge is 0.225 e. The first kappa shape index (κ1) is 21.7. The molecule has 2 aliphatic rings. The van der Waals surface area contributed by atoms with Crippen LogP contribution in [0.3, 0.4) is 0 Å². The van der Waals surface area contributed by atoms with Crippen molar-refractivity contribution in [3.05, 3.63) is 53.9 Å². The molecule has 0 saturated carbocycles. The summed E-state index contributed by atoms with van der Waals surface area (Å²) in [6.07, 6.45) is 7.87. The lowest BCUT2D eigenvalue weighted by molar-refractivity contribution is 0.311. The molecular formula is C25H32N8. The number of hydrogen-bond donors (Lipinski definition) is 0. The number of piperidine rings is 1. The number of aromatic nitrogens is 5. The maximum absolute atomic E-state index is 5.19. The van der Waals surface area contributed by atoms with E-state index in [1.807, 2.05) is 50.6 Å². The van der Waals surface area contributed by atoms with Gasteiger partial charge in [0.1, 0.15) is 0 Å². The first-order chi connectivity index (χ1) is 16.1. The number of pyridine rings is 1. The Labute approximate surface area is 195 Å². The van der Waals surface area contributed by atoms with Crippen LogP contribution < -0.4 is 9.80 Å². The zero-order valence-corrected chi connectivity index (χ0v) is 19.8. The molecule has 0 radical (unpaired) electrons. The van der Waals surface area contributed by atoms with Crippen LogP contribution in [-0.4, -0.2) is 76.1 Å². The second-order valence-corrected chi connectivity index (χ2v) is 9.23. The second kappa shape index (κ2) is 9.39. The van der Waals surface area contributed by atoms with Crippen LogP contribution in [0.25, 0.3) is 11.1 Å². The monoisotopic (exact) mass is 444 g/mol. The van der Waals surface area contributed by atoms with Gasteiger partial charge in [-0.25, -0.2) is 19.9 Å². The van der Waals surface area contributed by atoms with Crippen LogP contribution >= 0.6 is 0 Å². The van der Waals surface area contributed by atoms with E-state index in [0.29, 0.717) is 5.92 Å². The predicted octanol–water partition coefficient (Wildman–Crippen LogP) is 3.08. The average Bonchev–Trinajstić information content (AvgIpc) is 2.84. The normalized spacial score (nSPS) is 19.7. The number of anilines is 2. The van der Waals surface area contributed by atoms with Gasteiger partial charge < -0.3 is 14.7 Å². The first-order valence-electron chi connectivity index (χ1n) is 11.8. The number of aryl methyl sites for hydroxylation is 2. The molecule has 1 atom stereocenters. The van der Waals surface area contributed by atoms with Crippen LogP contribution in [-0.2, 0) is 0 Å². The maximum Gasteiger partial charge on any atom is 0.225 e. The van der Waals surface area contributed by atoms with Crippen molar-refractivity contribution in [3.8, 4) is 11.1 Å². The molecule has 0 aromatic carbocycles. The largest absolute Gasteiger partial charge is 0.340 e. The standard InChI is InChI=1S/C25H32N8/c1-18-15-19(2)29-25(28-18)33-10-4-5-21(17-33)23-22(20-6-8-26-9-7-20)16-27-24(30-23)32-13-11-31(3)12-14-32/h6-9,15-16,21H,4-5,10-14,17H2,1-3H3. The molecule has 5 heterocycles. The quantitative estimate of drug-likeness (QED) is 0.608. The molecule has 0 spiro atoms. The second-order valence-electron chi connectivity index (χ2n) is 9.23. The summed E-state index contributed by atoms with van der Waals surface area (Å²) in [6.45, 7) is 9.88. The van der Waals surface area contributed by atoms with Crippen molar-refractivity contribution < 1.29 is 0 Å². The van der Waals surface area contributed by atoms with Crippen LogP contribution in [0.15, 0.2) is 36.8 Å². The minimum absolute atomic E-state index is 0.292. The van der Waals surface area contributed by atoms with Crippen LogP contribution in [0.1, 0.15) is 35.8 Å². The zero-order valence-electron chi connectivity index (χ0n) is 19.8. The van der Waals surface area contributed by atoms with Crippen molar-refractivity contribution in [1.82, 2.24) is 29.8 Å². The lowest BCUT2D eigenvalue weighted by Crippen LogP contribution is -2.45. The number of nitrogens with zero attached hydrogens (tertiary/aromatic N) is 8. The Balaban J connectivity index is 1.49. The Hall–Kier alpha value is -3.13. The summed E-state index contributed by atoms with van der Waals surface area (Å²) in [5.41, 5.74) is 5.36. The molecule has 5 rings (SSSR count). The van der Waals surface area contributed by atoms with Gasteiger partial charge in [-0.1, -0.05) is 0 Å². The van der Waals surface area contributed by atoms with Gasteiger partial charge in [-0.05, 0) is 57.5 Å². The van der Waals surface area contributed by atoms with E-state index in [0.717, 1.165) is 92.2 Å². The Morgan fingerprint density at radius 2 is 1.58 bits per heavy atom. The van der Waals surface area contributed by atoms with Crippen LogP contribution in [0, 0.1) is 13.8 Å². The van der Waals surface area contributed by atoms with Crippen LogP contribution in [0.4, 0.5) is 11.9 Å². The summed E-state index contributed by atoms with van der Waals surface area (Å²) in [7, 11) is 2.17. The van der Waals surface area contributed by atoms with E-state index >= 15 is 0 Å². The molecule has 172 valence electrons. The van der Waals surface area contributed by atoms with E-state index in [-0.39, 0.29) is 0 Å². The van der Waals surface area contributed by atoms with Gasteiger partial charge in [0.2, 0.25) is 11.9 Å². The Morgan fingerprint density at radius 3 is 2.30 bits per heavy atom. The van der Waals surface area contributed by atoms with Gasteiger partial charge in [-0.2, -0.15) is 0 Å². The maximum atomic E-state index is 5.19. The van der Waals surface area contributed by atoms with Crippen LogP contribution in [0.2, 0.25) is 0 Å². The summed E-state index contributed by atoms with van der Waals surface area (Å²) < 4.78 is 0. The van der Waals surface area contributed by atoms with Crippen molar-refractivity contribution in [2.24, 2.45) is 0 Å². The summed E-state index contributed by atoms with van der Waals surface area (Å²) in [6, 6.07) is 6.12. The molecule has 0 aliphatic carbocycles. The highest BCUT2D eigenvalue weighted by Gasteiger charge is 2.28. The molecule has 1 unspecified atom stereocenters. The van der Waals surface area contributed by atoms with E-state index in [4.69, 9.17) is 19.9 Å². The fourth-order valence-electron chi connectivity index (χ4n) is 4.84. The molecule has 33 heavy (non-hydrogen) atoms. The van der Waals surface area contributed by atoms with Crippen LogP contribution in [0.5, 0.6) is 0 Å². The third kappa shape index (κ3) is 4.80. The molecule has 2 aliphatic heterocycles. The van der Waals surface area contributed by atoms with E-state index in [9.17, 15) is 0 Å². The van der Waals surface area contributed by atoms with E-state index in [2.05, 4.69) is 26.7 Å². The average molecular weight is 445 g/mol. The van der Waals surface area contributed by atoms with Gasteiger partial charge in [-0.15, -0.1) is 0 Å². The lowest BCUT2D eigenvalue weighted by atomic mass is 9.90. The third-order valence-corrected chi connectivity index (χ3v) is 6.64. The third-order valence-electron chi connectivity index (χ3n) is 6.64. The van der Waals surface area contributed by atoms with E-state index in [1.165, 1.54) is 0 Å². The summed E-state index contributed by atoms with van der Waals surface area (Å²) in [4.78, 5) is 30.6. The molecule has 3 aromatic heterocycles. The Bertz CT molecular complexity index is 1070. The van der Waals surface area contributed by atoms with Gasteiger partial charge >= 0.3 is 0 Å². The molecule has 8 heteroatoms. The highest BCUT2D eigenvalue weighted by molar-refractivity contribution is 5.66. The van der Waals surface area contributed by atoms with E-state index < -0.39 is 0 Å². The summed E-state index contributed by atoms with van der Waals surface area (Å²) in [5.74, 6) is 1.97. The van der Waals surface area contributed by atoms with Crippen molar-refractivity contribution in [2.45, 2.75) is 32.6 Å². The van der Waals surface area contributed by atoms with Crippen molar-refractivity contribution >= 4 is 11.9 Å². The molecule has 0 amide bonds. The molecule has 8 nitrogen and oxygen atoms in total. The SMILES string of the molecule is Cc1cc(C)nc(N2CCCC(c3nc(N4CCN(C)CC4)ncc3-c3ccncc3)C2)n1. The molecule has 3 aromatic rings. The number of rotatable bonds is 4. The highest BCUT2D eigenvalue weighted by atomic mass is 15.3. The van der Waals surface area contributed by atoms with Gasteiger partial charge in [0.25, 0.3) is 0 Å². The summed E-state index contributed by atoms with van der Waals surface area (Å²) in [5, 5.41) is 0. The fourth-order valence-corrected chi connectivity index (χ4v) is 4.84. The number of piperazine rings is 1. The Kier molecular flexibility index (Phi) is 6.17. The molecule has 2 saturated heterocycles. The van der Waals surface area contributed by atoms with Crippen molar-refractivity contribution in [3.63, 3.8) is 0 Å². The zero-order chi connectivity index (χ0) is 22.8. The minimum atomic E-state index is 0.292. The molecule has 0 bridgehead atoms. The van der Waals surface area contributed by atoms with Gasteiger partial charge in [0.15, 0.2) is 0 Å². The van der Waals surface area contributed by atoms with E-state index in [1.54, 1.807) is 0 Å². The first-order valence-corrected chi connectivity index (χ1v) is 11.8. The fraction of sp³-hybridized carbons (Fsp3) is 0.480. The minimum Gasteiger partial charge on any atom is -0.340 e. The Morgan fingerprint density at radius 1 is 0.848 bits per heavy atom. The van der Waals surface area contributed by atoms with Gasteiger partial charge in [0, 0.05) is 80.7 Å². The molecule has 2 fully saturated rings. The number of hydrogen-bond acceptors (Lipinski definition) is 8. The van der Waals surface area contributed by atoms with Gasteiger partial charge in [0.05, 0.1) is 5.69 Å². The molecule has 0 N–H and O–H groups in total. The topological polar surface area (TPSA) is 74.2 Å². The van der Waals surface area contributed by atoms with Crippen molar-refractivity contribution in [1.29, 1.82) is 0 Å². The van der Waals surface area contributed by atoms with Crippen molar-refractivity contribution in [2.75, 3.05) is 56.1 Å². The van der Waals surface area contributed by atoms with Gasteiger partial charge in [-0.3, -0.25) is 4.98 Å². The number of likely N-dealkylation sites (N-methyl/N-ethyl adjacent to an activating group) is 1. The highest BCUT2D eigenvalue weighted by Crippen LogP contribution is 2.35. The molecular weight excluding hydrogens is 412 g/mol.